The van der Waals surface area contributed by atoms with Crippen LogP contribution in [0.25, 0.3) is 0 Å². The number of amides is 1. The van der Waals surface area contributed by atoms with Gasteiger partial charge in [0.25, 0.3) is 5.91 Å². The molecule has 20 heavy (non-hydrogen) atoms. The molecule has 2 rings (SSSR count). The number of nitrogens with two attached hydrogens (primary N) is 1. The third kappa shape index (κ3) is 3.22. The average Bonchev–Trinajstić information content (AvgIpc) is 2.42. The molecule has 0 aliphatic carbocycles. The monoisotopic (exact) mass is 277 g/mol. The molecule has 1 heterocycles. The van der Waals surface area contributed by atoms with E-state index in [1.165, 1.54) is 0 Å². The minimum absolute atomic E-state index is 0.0939. The van der Waals surface area contributed by atoms with Gasteiger partial charge in [0.15, 0.2) is 0 Å². The third-order valence-corrected chi connectivity index (χ3v) is 4.01. The number of nitrogen functional groups attached to an aromatic ring is 1. The lowest BCUT2D eigenvalue weighted by Crippen LogP contribution is -2.47. The normalized spacial score (nSPS) is 23.4. The highest BCUT2D eigenvalue weighted by Gasteiger charge is 2.25. The van der Waals surface area contributed by atoms with Crippen LogP contribution in [0.2, 0.25) is 0 Å². The highest BCUT2D eigenvalue weighted by atomic mass is 16.5. The Hall–Kier alpha value is -1.75. The molecule has 0 bridgehead atoms. The van der Waals surface area contributed by atoms with Crippen molar-refractivity contribution < 1.29 is 9.53 Å². The van der Waals surface area contributed by atoms with Crippen molar-refractivity contribution in [2.24, 2.45) is 0 Å². The number of hydrogen-bond acceptors (Lipinski definition) is 4. The predicted molar refractivity (Wildman–Crippen MR) is 80.0 cm³/mol. The molecule has 1 amide bonds. The van der Waals surface area contributed by atoms with Crippen LogP contribution in [0.3, 0.4) is 0 Å². The third-order valence-electron chi connectivity index (χ3n) is 4.01. The lowest BCUT2D eigenvalue weighted by Gasteiger charge is -2.35. The number of nitrogens with zero attached hydrogens (tertiary/aromatic N) is 1. The average molecular weight is 277 g/mol. The maximum Gasteiger partial charge on any atom is 0.255 e. The molecule has 2 unspecified atom stereocenters. The van der Waals surface area contributed by atoms with Gasteiger partial charge < -0.3 is 20.7 Å². The topological polar surface area (TPSA) is 67.6 Å². The smallest absolute Gasteiger partial charge is 0.255 e. The summed E-state index contributed by atoms with van der Waals surface area (Å²) >= 11 is 0. The Morgan fingerprint density at radius 2 is 2.25 bits per heavy atom. The molecule has 1 aromatic rings. The van der Waals surface area contributed by atoms with Gasteiger partial charge in [0, 0.05) is 30.4 Å². The Morgan fingerprint density at radius 1 is 1.50 bits per heavy atom. The van der Waals surface area contributed by atoms with Gasteiger partial charge in [-0.2, -0.15) is 0 Å². The molecule has 1 aromatic carbocycles. The van der Waals surface area contributed by atoms with Gasteiger partial charge in [-0.15, -0.1) is 0 Å². The van der Waals surface area contributed by atoms with Crippen molar-refractivity contribution >= 4 is 11.6 Å². The molecule has 0 saturated carbocycles. The summed E-state index contributed by atoms with van der Waals surface area (Å²) in [5, 5.41) is 3.09. The van der Waals surface area contributed by atoms with Crippen LogP contribution in [0.5, 0.6) is 5.75 Å². The van der Waals surface area contributed by atoms with Crippen molar-refractivity contribution in [3.8, 4) is 5.75 Å². The predicted octanol–water partition coefficient (Wildman–Crippen LogP) is 1.49. The molecule has 1 fully saturated rings. The van der Waals surface area contributed by atoms with Gasteiger partial charge in [-0.3, -0.25) is 4.79 Å². The van der Waals surface area contributed by atoms with Crippen LogP contribution >= 0.6 is 0 Å². The standard InChI is InChI=1S/C15H23N3O2/c1-10-8-12(6-7-18(10)2)17-15(19)13-5-4-11(16)9-14(13)20-3/h4-5,9-10,12H,6-8,16H2,1-3H3,(H,17,19). The summed E-state index contributed by atoms with van der Waals surface area (Å²) in [4.78, 5) is 14.7. The van der Waals surface area contributed by atoms with Gasteiger partial charge in [0.2, 0.25) is 0 Å². The first-order valence-corrected chi connectivity index (χ1v) is 6.96. The van der Waals surface area contributed by atoms with E-state index in [-0.39, 0.29) is 11.9 Å². The van der Waals surface area contributed by atoms with Gasteiger partial charge in [-0.1, -0.05) is 0 Å². The van der Waals surface area contributed by atoms with Gasteiger partial charge in [-0.25, -0.2) is 0 Å². The van der Waals surface area contributed by atoms with E-state index >= 15 is 0 Å². The Labute approximate surface area is 120 Å². The van der Waals surface area contributed by atoms with Gasteiger partial charge in [0.1, 0.15) is 5.75 Å². The van der Waals surface area contributed by atoms with E-state index in [1.54, 1.807) is 25.3 Å². The molecule has 3 N–H and O–H groups in total. The molecular weight excluding hydrogens is 254 g/mol. The minimum atomic E-state index is -0.0939. The van der Waals surface area contributed by atoms with Gasteiger partial charge in [0.05, 0.1) is 12.7 Å². The number of carbonyl (C=O) groups excluding carboxylic acids is 1. The number of likely N-dealkylation sites (tertiary alicyclic amines) is 1. The Morgan fingerprint density at radius 3 is 2.90 bits per heavy atom. The number of benzene rings is 1. The largest absolute Gasteiger partial charge is 0.496 e. The molecule has 0 radical (unpaired) electrons. The summed E-state index contributed by atoms with van der Waals surface area (Å²) < 4.78 is 5.23. The molecule has 1 saturated heterocycles. The molecule has 5 heteroatoms. The quantitative estimate of drug-likeness (QED) is 0.821. The number of piperidine rings is 1. The first-order valence-electron chi connectivity index (χ1n) is 6.96. The number of rotatable bonds is 3. The molecule has 1 aliphatic heterocycles. The Bertz CT molecular complexity index is 490. The summed E-state index contributed by atoms with van der Waals surface area (Å²) in [6.45, 7) is 3.19. The van der Waals surface area contributed by atoms with E-state index in [0.29, 0.717) is 23.0 Å². The van der Waals surface area contributed by atoms with Crippen LogP contribution in [0, 0.1) is 0 Å². The van der Waals surface area contributed by atoms with Crippen molar-refractivity contribution in [1.82, 2.24) is 10.2 Å². The Kier molecular flexibility index (Phi) is 4.49. The number of methoxy groups -OCH3 is 1. The SMILES string of the molecule is COc1cc(N)ccc1C(=O)NC1CCN(C)C(C)C1. The summed E-state index contributed by atoms with van der Waals surface area (Å²) in [5.41, 5.74) is 6.83. The number of anilines is 1. The number of nitrogens with one attached hydrogen (secondary N) is 1. The number of carbonyl (C=O) groups is 1. The second-order valence-electron chi connectivity index (χ2n) is 5.48. The first kappa shape index (κ1) is 14.7. The van der Waals surface area contributed by atoms with E-state index in [2.05, 4.69) is 24.2 Å². The molecule has 0 spiro atoms. The fourth-order valence-corrected chi connectivity index (χ4v) is 2.58. The second kappa shape index (κ2) is 6.13. The minimum Gasteiger partial charge on any atom is -0.496 e. The summed E-state index contributed by atoms with van der Waals surface area (Å²) in [6.07, 6.45) is 1.95. The first-order chi connectivity index (χ1) is 9.51. The van der Waals surface area contributed by atoms with Crippen LogP contribution in [0.1, 0.15) is 30.1 Å². The zero-order valence-corrected chi connectivity index (χ0v) is 12.3. The second-order valence-corrected chi connectivity index (χ2v) is 5.48. The van der Waals surface area contributed by atoms with E-state index in [0.717, 1.165) is 19.4 Å². The molecule has 1 aliphatic rings. The van der Waals surface area contributed by atoms with Crippen molar-refractivity contribution in [1.29, 1.82) is 0 Å². The van der Waals surface area contributed by atoms with Crippen LogP contribution in [0.15, 0.2) is 18.2 Å². The van der Waals surface area contributed by atoms with Crippen LogP contribution in [0.4, 0.5) is 5.69 Å². The zero-order chi connectivity index (χ0) is 14.7. The Balaban J connectivity index is 2.05. The number of ether oxygens (including phenoxy) is 1. The highest BCUT2D eigenvalue weighted by molar-refractivity contribution is 5.97. The number of hydrogen-bond donors (Lipinski definition) is 2. The summed E-state index contributed by atoms with van der Waals surface area (Å²) in [6, 6.07) is 5.81. The molecular formula is C15H23N3O2. The van der Waals surface area contributed by atoms with Crippen LogP contribution in [-0.2, 0) is 0 Å². The van der Waals surface area contributed by atoms with Gasteiger partial charge in [-0.05, 0) is 38.9 Å². The van der Waals surface area contributed by atoms with E-state index in [4.69, 9.17) is 10.5 Å². The lowest BCUT2D eigenvalue weighted by molar-refractivity contribution is 0.0893. The maximum absolute atomic E-state index is 12.3. The fraction of sp³-hybridized carbons (Fsp3) is 0.533. The van der Waals surface area contributed by atoms with Gasteiger partial charge >= 0.3 is 0 Å². The van der Waals surface area contributed by atoms with Crippen molar-refractivity contribution in [2.75, 3.05) is 26.4 Å². The van der Waals surface area contributed by atoms with E-state index in [1.807, 2.05) is 0 Å². The van der Waals surface area contributed by atoms with Crippen molar-refractivity contribution in [3.63, 3.8) is 0 Å². The summed E-state index contributed by atoms with van der Waals surface area (Å²) in [5.74, 6) is 0.423. The highest BCUT2D eigenvalue weighted by Crippen LogP contribution is 2.22. The zero-order valence-electron chi connectivity index (χ0n) is 12.3. The molecule has 110 valence electrons. The van der Waals surface area contributed by atoms with E-state index in [9.17, 15) is 4.79 Å². The van der Waals surface area contributed by atoms with Crippen molar-refractivity contribution in [2.45, 2.75) is 31.8 Å². The lowest BCUT2D eigenvalue weighted by atomic mass is 9.98. The fourth-order valence-electron chi connectivity index (χ4n) is 2.58. The van der Waals surface area contributed by atoms with Crippen LogP contribution in [-0.4, -0.2) is 43.6 Å². The van der Waals surface area contributed by atoms with Crippen LogP contribution < -0.4 is 15.8 Å². The maximum atomic E-state index is 12.3. The molecule has 5 nitrogen and oxygen atoms in total. The van der Waals surface area contributed by atoms with Crippen molar-refractivity contribution in [3.05, 3.63) is 23.8 Å². The van der Waals surface area contributed by atoms with E-state index < -0.39 is 0 Å². The molecule has 0 aromatic heterocycles. The molecule has 2 atom stereocenters. The summed E-state index contributed by atoms with van der Waals surface area (Å²) in [7, 11) is 3.66.